The number of aliphatic carboxylic acids is 2. The van der Waals surface area contributed by atoms with Crippen LogP contribution in [0.15, 0.2) is 35.7 Å². The minimum Gasteiger partial charge on any atom is -0.478 e. The standard InChI is InChI=1S/C15H14N2O6/c1-8-3-12(17(22)23)4-9(2)13(8)16-6-10(14(18)19)5-11(7-16)15(20)21/h3-4,6-7H,5H2,1-2H3,(H,18,19)(H,20,21). The number of aryl methyl sites for hydroxylation is 2. The molecule has 1 aliphatic heterocycles. The molecular weight excluding hydrogens is 304 g/mol. The average molecular weight is 318 g/mol. The van der Waals surface area contributed by atoms with Gasteiger partial charge in [-0.3, -0.25) is 10.1 Å². The van der Waals surface area contributed by atoms with E-state index in [9.17, 15) is 19.7 Å². The Morgan fingerprint density at radius 3 is 1.87 bits per heavy atom. The molecule has 1 aromatic rings. The molecule has 0 amide bonds. The highest BCUT2D eigenvalue weighted by Gasteiger charge is 2.24. The monoisotopic (exact) mass is 318 g/mol. The van der Waals surface area contributed by atoms with Crippen LogP contribution in [0.1, 0.15) is 17.5 Å². The van der Waals surface area contributed by atoms with E-state index in [0.717, 1.165) is 0 Å². The van der Waals surface area contributed by atoms with Gasteiger partial charge >= 0.3 is 11.9 Å². The van der Waals surface area contributed by atoms with Gasteiger partial charge in [0.2, 0.25) is 0 Å². The van der Waals surface area contributed by atoms with Crippen LogP contribution in [0.25, 0.3) is 0 Å². The van der Waals surface area contributed by atoms with Crippen LogP contribution in [0.5, 0.6) is 0 Å². The smallest absolute Gasteiger partial charge is 0.333 e. The van der Waals surface area contributed by atoms with E-state index in [1.165, 1.54) is 29.4 Å². The normalized spacial score (nSPS) is 14.1. The van der Waals surface area contributed by atoms with Crippen molar-refractivity contribution in [2.45, 2.75) is 20.3 Å². The van der Waals surface area contributed by atoms with Gasteiger partial charge in [0.25, 0.3) is 5.69 Å². The first-order valence-corrected chi connectivity index (χ1v) is 6.62. The number of carboxylic acids is 2. The molecule has 1 aliphatic rings. The molecule has 0 radical (unpaired) electrons. The summed E-state index contributed by atoms with van der Waals surface area (Å²) in [5.74, 6) is -2.42. The molecule has 0 saturated heterocycles. The highest BCUT2D eigenvalue weighted by Crippen LogP contribution is 2.33. The summed E-state index contributed by atoms with van der Waals surface area (Å²) in [6.07, 6.45) is 2.47. The third kappa shape index (κ3) is 3.20. The molecule has 120 valence electrons. The maximum atomic E-state index is 11.2. The van der Waals surface area contributed by atoms with Crippen LogP contribution in [-0.4, -0.2) is 27.1 Å². The Balaban J connectivity index is 2.59. The lowest BCUT2D eigenvalue weighted by Gasteiger charge is -2.25. The zero-order valence-corrected chi connectivity index (χ0v) is 12.4. The van der Waals surface area contributed by atoms with Crippen molar-refractivity contribution in [3.63, 3.8) is 0 Å². The second-order valence-electron chi connectivity index (χ2n) is 5.19. The van der Waals surface area contributed by atoms with Gasteiger partial charge in [0.15, 0.2) is 0 Å². The fourth-order valence-corrected chi connectivity index (χ4v) is 2.51. The molecule has 23 heavy (non-hydrogen) atoms. The van der Waals surface area contributed by atoms with Crippen molar-refractivity contribution in [2.75, 3.05) is 4.90 Å². The summed E-state index contributed by atoms with van der Waals surface area (Å²) in [6.45, 7) is 3.29. The van der Waals surface area contributed by atoms with Gasteiger partial charge in [-0.25, -0.2) is 9.59 Å². The minimum absolute atomic E-state index is 0.0675. The van der Waals surface area contributed by atoms with Crippen LogP contribution in [-0.2, 0) is 9.59 Å². The quantitative estimate of drug-likeness (QED) is 0.645. The number of hydrogen-bond donors (Lipinski definition) is 2. The summed E-state index contributed by atoms with van der Waals surface area (Å²) < 4.78 is 0. The predicted molar refractivity (Wildman–Crippen MR) is 81.1 cm³/mol. The summed E-state index contributed by atoms with van der Waals surface area (Å²) in [5.41, 5.74) is 1.39. The van der Waals surface area contributed by atoms with Gasteiger partial charge in [-0.05, 0) is 25.0 Å². The lowest BCUT2D eigenvalue weighted by Crippen LogP contribution is -2.22. The summed E-state index contributed by atoms with van der Waals surface area (Å²) in [4.78, 5) is 34.2. The van der Waals surface area contributed by atoms with E-state index >= 15 is 0 Å². The predicted octanol–water partition coefficient (Wildman–Crippen LogP) is 2.36. The molecule has 0 aliphatic carbocycles. The van der Waals surface area contributed by atoms with Crippen molar-refractivity contribution in [1.29, 1.82) is 0 Å². The van der Waals surface area contributed by atoms with Crippen LogP contribution in [0.3, 0.4) is 0 Å². The Labute approximate surface area is 131 Å². The van der Waals surface area contributed by atoms with Crippen LogP contribution in [0.4, 0.5) is 11.4 Å². The highest BCUT2D eigenvalue weighted by molar-refractivity contribution is 5.95. The number of hydrogen-bond acceptors (Lipinski definition) is 5. The highest BCUT2D eigenvalue weighted by atomic mass is 16.6. The maximum absolute atomic E-state index is 11.2. The largest absolute Gasteiger partial charge is 0.478 e. The number of rotatable bonds is 4. The summed E-state index contributed by atoms with van der Waals surface area (Å²) in [7, 11) is 0. The van der Waals surface area contributed by atoms with Crippen molar-refractivity contribution >= 4 is 23.3 Å². The number of benzene rings is 1. The zero-order chi connectivity index (χ0) is 17.3. The second kappa shape index (κ2) is 5.91. The van der Waals surface area contributed by atoms with Crippen LogP contribution >= 0.6 is 0 Å². The van der Waals surface area contributed by atoms with E-state index in [1.807, 2.05) is 0 Å². The molecule has 0 aromatic heterocycles. The number of carbonyl (C=O) groups is 2. The number of anilines is 1. The Kier molecular flexibility index (Phi) is 4.17. The van der Waals surface area contributed by atoms with Gasteiger partial charge in [-0.2, -0.15) is 0 Å². The molecular formula is C15H14N2O6. The molecule has 8 heteroatoms. The lowest BCUT2D eigenvalue weighted by atomic mass is 10.0. The topological polar surface area (TPSA) is 121 Å². The summed E-state index contributed by atoms with van der Waals surface area (Å²) >= 11 is 0. The fraction of sp³-hybridized carbons (Fsp3) is 0.200. The van der Waals surface area contributed by atoms with E-state index in [0.29, 0.717) is 16.8 Å². The van der Waals surface area contributed by atoms with E-state index in [2.05, 4.69) is 0 Å². The molecule has 0 atom stereocenters. The van der Waals surface area contributed by atoms with Gasteiger partial charge in [-0.1, -0.05) is 0 Å². The Morgan fingerprint density at radius 2 is 1.52 bits per heavy atom. The van der Waals surface area contributed by atoms with E-state index in [4.69, 9.17) is 10.2 Å². The number of nitro groups is 1. The molecule has 0 fully saturated rings. The zero-order valence-electron chi connectivity index (χ0n) is 12.4. The first-order valence-electron chi connectivity index (χ1n) is 6.62. The third-order valence-corrected chi connectivity index (χ3v) is 3.46. The molecule has 8 nitrogen and oxygen atoms in total. The van der Waals surface area contributed by atoms with Gasteiger partial charge in [-0.15, -0.1) is 0 Å². The minimum atomic E-state index is -1.21. The van der Waals surface area contributed by atoms with E-state index < -0.39 is 16.9 Å². The Hall–Kier alpha value is -3.16. The molecule has 2 N–H and O–H groups in total. The molecule has 0 saturated carbocycles. The summed E-state index contributed by atoms with van der Waals surface area (Å²) in [5, 5.41) is 29.2. The van der Waals surface area contributed by atoms with E-state index in [1.54, 1.807) is 13.8 Å². The van der Waals surface area contributed by atoms with Crippen LogP contribution < -0.4 is 4.90 Å². The third-order valence-electron chi connectivity index (χ3n) is 3.46. The van der Waals surface area contributed by atoms with Crippen molar-refractivity contribution in [1.82, 2.24) is 0 Å². The van der Waals surface area contributed by atoms with Crippen molar-refractivity contribution < 1.29 is 24.7 Å². The van der Waals surface area contributed by atoms with Gasteiger partial charge < -0.3 is 15.1 Å². The Bertz CT molecular complexity index is 725. The SMILES string of the molecule is Cc1cc([N+](=O)[O-])cc(C)c1N1C=C(C(=O)O)CC(C(=O)O)=C1. The second-order valence-corrected chi connectivity index (χ2v) is 5.19. The Morgan fingerprint density at radius 1 is 1.09 bits per heavy atom. The fourth-order valence-electron chi connectivity index (χ4n) is 2.51. The first kappa shape index (κ1) is 16.2. The molecule has 1 heterocycles. The van der Waals surface area contributed by atoms with Gasteiger partial charge in [0, 0.05) is 31.0 Å². The maximum Gasteiger partial charge on any atom is 0.333 e. The molecule has 0 unspecified atom stereocenters. The van der Waals surface area contributed by atoms with Gasteiger partial charge in [0.1, 0.15) is 0 Å². The van der Waals surface area contributed by atoms with Crippen molar-refractivity contribution in [2.24, 2.45) is 0 Å². The molecule has 1 aromatic carbocycles. The number of carboxylic acid groups (broad SMARTS) is 2. The van der Waals surface area contributed by atoms with Crippen molar-refractivity contribution in [3.8, 4) is 0 Å². The van der Waals surface area contributed by atoms with Crippen molar-refractivity contribution in [3.05, 3.63) is 56.9 Å². The number of non-ortho nitro benzene ring substituents is 1. The molecule has 0 spiro atoms. The number of nitro benzene ring substituents is 1. The lowest BCUT2D eigenvalue weighted by molar-refractivity contribution is -0.384. The average Bonchev–Trinajstić information content (AvgIpc) is 2.45. The molecule has 0 bridgehead atoms. The first-order chi connectivity index (χ1) is 10.7. The summed E-state index contributed by atoms with van der Waals surface area (Å²) in [6, 6.07) is 2.72. The van der Waals surface area contributed by atoms with E-state index in [-0.39, 0.29) is 23.3 Å². The number of nitrogens with zero attached hydrogens (tertiary/aromatic N) is 2. The molecule has 2 rings (SSSR count). The van der Waals surface area contributed by atoms with Gasteiger partial charge in [0.05, 0.1) is 21.8 Å². The van der Waals surface area contributed by atoms with Crippen LogP contribution in [0, 0.1) is 24.0 Å². The van der Waals surface area contributed by atoms with Crippen LogP contribution in [0.2, 0.25) is 0 Å².